The molecule has 1 aliphatic rings. The van der Waals surface area contributed by atoms with Crippen molar-refractivity contribution in [1.82, 2.24) is 0 Å². The fraction of sp³-hybridized carbons (Fsp3) is 0.0455. The molecule has 0 bridgehead atoms. The first-order valence-corrected chi connectivity index (χ1v) is 19.0. The quantitative estimate of drug-likeness (QED) is 0.132. The van der Waals surface area contributed by atoms with Crippen LogP contribution >= 0.6 is 45.2 Å². The number of carbonyl (C=O) groups is 2. The van der Waals surface area contributed by atoms with E-state index < -0.39 is 11.8 Å². The highest BCUT2D eigenvalue weighted by molar-refractivity contribution is 14.1. The number of hydrogen-bond acceptors (Lipinski definition) is 6. The van der Waals surface area contributed by atoms with Crippen molar-refractivity contribution in [3.63, 3.8) is 0 Å². The lowest BCUT2D eigenvalue weighted by Crippen LogP contribution is -2.30. The first-order valence-electron chi connectivity index (χ1n) is 16.8. The third-order valence-corrected chi connectivity index (χ3v) is 11.3. The Morgan fingerprint density at radius 3 is 1.42 bits per heavy atom. The number of amides is 2. The number of aliphatic hydroxyl groups is 2. The van der Waals surface area contributed by atoms with E-state index in [0.29, 0.717) is 50.2 Å². The summed E-state index contributed by atoms with van der Waals surface area (Å²) in [5.41, 5.74) is 5.17. The lowest BCUT2D eigenvalue weighted by Gasteiger charge is -2.22. The van der Waals surface area contributed by atoms with Crippen LogP contribution in [0.4, 0.5) is 5.69 Å². The summed E-state index contributed by atoms with van der Waals surface area (Å²) >= 11 is 4.47. The molecule has 2 amide bonds. The number of hydrogen-bond donors (Lipinski definition) is 2. The maximum atomic E-state index is 15.0. The van der Waals surface area contributed by atoms with E-state index in [1.165, 1.54) is 0 Å². The van der Waals surface area contributed by atoms with Gasteiger partial charge in [0.1, 0.15) is 11.2 Å². The topological polar surface area (TPSA) is 104 Å². The Morgan fingerprint density at radius 1 is 0.528 bits per heavy atom. The molecular formula is C44H27I2NO6. The van der Waals surface area contributed by atoms with Crippen LogP contribution in [-0.4, -0.2) is 22.0 Å². The Kier molecular flexibility index (Phi) is 8.53. The van der Waals surface area contributed by atoms with E-state index in [1.807, 2.05) is 127 Å². The van der Waals surface area contributed by atoms with Gasteiger partial charge in [-0.25, -0.2) is 4.90 Å². The van der Waals surface area contributed by atoms with Crippen LogP contribution in [0.2, 0.25) is 0 Å². The summed E-state index contributed by atoms with van der Waals surface area (Å²) in [5.74, 6) is -1.78. The standard InChI is InChI=1S/C44H27I2NO6/c45-34-20-28-10-1-3-14-30(28)36-37-31-15-4-2-11-29(31)21-35(46)40(37)53-42-41(52-39(34)36)43(50)47(44(42)51)38-32(26-12-5-8-24(18-26)22-48)16-7-17-33(38)27-13-6-9-25(19-27)23-49/h1-21,48-49H,22-23H2. The summed E-state index contributed by atoms with van der Waals surface area (Å²) in [4.78, 5) is 31.1. The van der Waals surface area contributed by atoms with Crippen LogP contribution in [0.5, 0.6) is 0 Å². The molecule has 0 fully saturated rings. The van der Waals surface area contributed by atoms with E-state index in [4.69, 9.17) is 8.83 Å². The van der Waals surface area contributed by atoms with Gasteiger partial charge in [-0.2, -0.15) is 0 Å². The van der Waals surface area contributed by atoms with E-state index in [0.717, 1.165) is 44.4 Å². The second-order valence-corrected chi connectivity index (χ2v) is 15.1. The van der Waals surface area contributed by atoms with Crippen LogP contribution in [0.15, 0.2) is 136 Å². The zero-order chi connectivity index (χ0) is 36.4. The highest BCUT2D eigenvalue weighted by atomic mass is 127. The summed E-state index contributed by atoms with van der Waals surface area (Å²) < 4.78 is 14.9. The molecule has 258 valence electrons. The van der Waals surface area contributed by atoms with Crippen LogP contribution in [0.1, 0.15) is 32.2 Å². The third kappa shape index (κ3) is 5.52. The van der Waals surface area contributed by atoms with E-state index in [2.05, 4.69) is 45.2 Å². The molecule has 0 unspecified atom stereocenters. The largest absolute Gasteiger partial charge is 0.446 e. The van der Waals surface area contributed by atoms with Crippen LogP contribution < -0.4 is 4.90 Å². The summed E-state index contributed by atoms with van der Waals surface area (Å²) in [6.45, 7) is -0.361. The number of carbonyl (C=O) groups excluding carboxylic acids is 2. The Hall–Kier alpha value is -5.08. The van der Waals surface area contributed by atoms with Crippen molar-refractivity contribution in [2.75, 3.05) is 4.90 Å². The zero-order valence-electron chi connectivity index (χ0n) is 27.8. The van der Waals surface area contributed by atoms with Gasteiger partial charge >= 0.3 is 11.8 Å². The molecule has 7 aromatic carbocycles. The molecule has 1 aromatic heterocycles. The highest BCUT2D eigenvalue weighted by Gasteiger charge is 2.44. The van der Waals surface area contributed by atoms with Gasteiger partial charge in [0.15, 0.2) is 0 Å². The molecule has 9 heteroatoms. The first-order chi connectivity index (χ1) is 25.9. The highest BCUT2D eigenvalue weighted by Crippen LogP contribution is 2.45. The second kappa shape index (κ2) is 13.4. The Labute approximate surface area is 330 Å². The van der Waals surface area contributed by atoms with Crippen molar-refractivity contribution in [3.8, 4) is 22.3 Å². The second-order valence-electron chi connectivity index (χ2n) is 12.8. The molecular weight excluding hydrogens is 892 g/mol. The lowest BCUT2D eigenvalue weighted by atomic mass is 9.93. The molecule has 7 nitrogen and oxygen atoms in total. The fourth-order valence-corrected chi connectivity index (χ4v) is 8.72. The summed E-state index contributed by atoms with van der Waals surface area (Å²) in [5, 5.41) is 25.4. The van der Waals surface area contributed by atoms with Gasteiger partial charge in [0.2, 0.25) is 11.5 Å². The van der Waals surface area contributed by atoms with E-state index in [1.54, 1.807) is 0 Å². The van der Waals surface area contributed by atoms with E-state index >= 15 is 0 Å². The molecule has 9 rings (SSSR count). The summed E-state index contributed by atoms with van der Waals surface area (Å²) in [6, 6.07) is 40.3. The van der Waals surface area contributed by atoms with Crippen LogP contribution in [-0.2, 0) is 13.2 Å². The molecule has 0 saturated heterocycles. The fourth-order valence-electron chi connectivity index (χ4n) is 7.29. The minimum Gasteiger partial charge on any atom is -0.446 e. The van der Waals surface area contributed by atoms with Gasteiger partial charge in [0.25, 0.3) is 0 Å². The van der Waals surface area contributed by atoms with Crippen LogP contribution in [0, 0.1) is 7.14 Å². The molecule has 0 saturated carbocycles. The van der Waals surface area contributed by atoms with Crippen molar-refractivity contribution < 1.29 is 28.6 Å². The molecule has 2 N–H and O–H groups in total. The van der Waals surface area contributed by atoms with Gasteiger partial charge in [-0.05, 0) is 113 Å². The van der Waals surface area contributed by atoms with Crippen molar-refractivity contribution in [2.45, 2.75) is 13.2 Å². The van der Waals surface area contributed by atoms with Gasteiger partial charge in [-0.3, -0.25) is 9.59 Å². The van der Waals surface area contributed by atoms with Gasteiger partial charge in [-0.15, -0.1) is 0 Å². The number of halogens is 2. The minimum absolute atomic E-state index is 0.181. The van der Waals surface area contributed by atoms with Gasteiger partial charge in [0.05, 0.1) is 26.0 Å². The number of anilines is 1. The summed E-state index contributed by atoms with van der Waals surface area (Å²) in [7, 11) is 0. The Morgan fingerprint density at radius 2 is 0.962 bits per heavy atom. The molecule has 8 aromatic rings. The maximum Gasteiger partial charge on any atom is 0.305 e. The van der Waals surface area contributed by atoms with E-state index in [-0.39, 0.29) is 24.7 Å². The molecule has 0 radical (unpaired) electrons. The smallest absolute Gasteiger partial charge is 0.305 e. The van der Waals surface area contributed by atoms with Crippen molar-refractivity contribution in [1.29, 1.82) is 0 Å². The molecule has 0 atom stereocenters. The normalized spacial score (nSPS) is 12.7. The van der Waals surface area contributed by atoms with Crippen molar-refractivity contribution in [2.24, 2.45) is 0 Å². The van der Waals surface area contributed by atoms with Crippen LogP contribution in [0.25, 0.3) is 65.7 Å². The van der Waals surface area contributed by atoms with Gasteiger partial charge in [-0.1, -0.05) is 103 Å². The number of fused-ring (bicyclic) bond motifs is 8. The number of para-hydroxylation sites is 1. The number of nitrogens with zero attached hydrogens (tertiary/aromatic N) is 1. The number of aliphatic hydroxyl groups excluding tert-OH is 2. The summed E-state index contributed by atoms with van der Waals surface area (Å²) in [6.07, 6.45) is 0. The van der Waals surface area contributed by atoms with Crippen molar-refractivity contribution >= 4 is 106 Å². The molecule has 2 heterocycles. The molecule has 53 heavy (non-hydrogen) atoms. The zero-order valence-corrected chi connectivity index (χ0v) is 32.1. The Bertz CT molecular complexity index is 2720. The molecule has 1 aliphatic heterocycles. The number of benzene rings is 7. The monoisotopic (exact) mass is 919 g/mol. The third-order valence-electron chi connectivity index (χ3n) is 9.67. The van der Waals surface area contributed by atoms with Gasteiger partial charge in [0, 0.05) is 21.9 Å². The van der Waals surface area contributed by atoms with Crippen molar-refractivity contribution in [3.05, 3.63) is 157 Å². The molecule has 0 spiro atoms. The first kappa shape index (κ1) is 33.7. The number of imide groups is 1. The average molecular weight is 920 g/mol. The average Bonchev–Trinajstić information content (AvgIpc) is 3.40. The predicted octanol–water partition coefficient (Wildman–Crippen LogP) is 10.9. The predicted molar refractivity (Wildman–Crippen MR) is 224 cm³/mol. The maximum absolute atomic E-state index is 15.0. The minimum atomic E-state index is -0.676. The van der Waals surface area contributed by atoms with Crippen LogP contribution in [0.3, 0.4) is 0 Å². The molecule has 0 aliphatic carbocycles. The van der Waals surface area contributed by atoms with Gasteiger partial charge < -0.3 is 19.0 Å². The Balaban J connectivity index is 1.40. The van der Waals surface area contributed by atoms with E-state index in [9.17, 15) is 19.8 Å². The number of rotatable bonds is 5. The SMILES string of the molecule is O=C1c2oc3c(I)cc4ccccc4c3c3c(oc2C(=O)N1c1c(-c2cccc(CO)c2)cccc1-c1cccc(CO)c1)c(I)cc1ccccc13. The lowest BCUT2D eigenvalue weighted by molar-refractivity contribution is 0.0911.